The third-order valence-corrected chi connectivity index (χ3v) is 8.15. The van der Waals surface area contributed by atoms with Crippen LogP contribution in [0.2, 0.25) is 0 Å². The molecule has 2 fully saturated rings. The van der Waals surface area contributed by atoms with Gasteiger partial charge in [0.1, 0.15) is 17.8 Å². The summed E-state index contributed by atoms with van der Waals surface area (Å²) in [6, 6.07) is 3.28. The van der Waals surface area contributed by atoms with Crippen LogP contribution in [0.15, 0.2) is 31.7 Å². The number of carbonyl (C=O) groups excluding carboxylic acids is 2. The minimum absolute atomic E-state index is 0.0163. The summed E-state index contributed by atoms with van der Waals surface area (Å²) in [5, 5.41) is 6.82. The molecule has 0 bridgehead atoms. The number of hydrogen-bond acceptors (Lipinski definition) is 7. The number of nitrogens with one attached hydrogen (secondary N) is 1. The highest BCUT2D eigenvalue weighted by Gasteiger charge is 2.42. The van der Waals surface area contributed by atoms with E-state index in [-0.39, 0.29) is 18.4 Å². The van der Waals surface area contributed by atoms with Crippen molar-refractivity contribution in [3.05, 3.63) is 41.2 Å². The summed E-state index contributed by atoms with van der Waals surface area (Å²) in [5.74, 6) is 1.12. The Kier molecular flexibility index (Phi) is 6.02. The molecule has 0 aliphatic carbocycles. The molecule has 2 saturated heterocycles. The molecule has 168 valence electrons. The summed E-state index contributed by atoms with van der Waals surface area (Å²) in [6.07, 6.45) is 4.08. The molecule has 2 aliphatic heterocycles. The number of amides is 2. The Bertz CT molecular complexity index is 1070. The summed E-state index contributed by atoms with van der Waals surface area (Å²) in [7, 11) is -2.65. The standard InChI is InChI=1S/C21H27N3O6S/c1-14-11-18(15(2)30-14)20(26)24-31(27)9-5-21(6-10-31)13-17(3-7-28-21)22-19(25)12-16-4-8-29-23-16/h4,8,11,17H,3,5-7,9-10,12-13H2,1-2H3,(H,22,25). The molecule has 0 radical (unpaired) electrons. The van der Waals surface area contributed by atoms with Crippen LogP contribution in [-0.4, -0.2) is 50.9 Å². The molecule has 1 spiro atoms. The van der Waals surface area contributed by atoms with Crippen molar-refractivity contribution in [3.8, 4) is 0 Å². The molecule has 1 N–H and O–H groups in total. The molecule has 2 aromatic rings. The van der Waals surface area contributed by atoms with E-state index in [1.54, 1.807) is 26.0 Å². The first-order chi connectivity index (χ1) is 14.8. The summed E-state index contributed by atoms with van der Waals surface area (Å²) in [6.45, 7) is 3.99. The maximum atomic E-state index is 13.2. The van der Waals surface area contributed by atoms with Crippen molar-refractivity contribution in [1.29, 1.82) is 0 Å². The average molecular weight is 450 g/mol. The van der Waals surface area contributed by atoms with Gasteiger partial charge in [-0.05, 0) is 45.6 Å². The number of aromatic nitrogens is 1. The Morgan fingerprint density at radius 1 is 1.32 bits per heavy atom. The van der Waals surface area contributed by atoms with E-state index < -0.39 is 21.2 Å². The average Bonchev–Trinajstić information content (AvgIpc) is 3.34. The summed E-state index contributed by atoms with van der Waals surface area (Å²) in [5.41, 5.74) is 0.515. The lowest BCUT2D eigenvalue weighted by molar-refractivity contribution is -0.125. The zero-order valence-electron chi connectivity index (χ0n) is 17.7. The molecule has 1 unspecified atom stereocenters. The lowest BCUT2D eigenvalue weighted by Crippen LogP contribution is -2.52. The van der Waals surface area contributed by atoms with E-state index in [9.17, 15) is 13.8 Å². The van der Waals surface area contributed by atoms with Crippen LogP contribution in [0.1, 0.15) is 53.3 Å². The van der Waals surface area contributed by atoms with Crippen LogP contribution >= 0.6 is 0 Å². The second kappa shape index (κ2) is 8.58. The van der Waals surface area contributed by atoms with Gasteiger partial charge in [-0.3, -0.25) is 9.59 Å². The maximum Gasteiger partial charge on any atom is 0.288 e. The predicted octanol–water partition coefficient (Wildman–Crippen LogP) is 2.56. The van der Waals surface area contributed by atoms with Gasteiger partial charge in [-0.2, -0.15) is 4.36 Å². The second-order valence-corrected chi connectivity index (χ2v) is 10.9. The SMILES string of the molecule is Cc1cc(C(=O)N=S2(=O)CCC3(CC2)CC(NC(=O)Cc2ccon2)CCO3)c(C)o1. The fourth-order valence-corrected chi connectivity index (χ4v) is 6.49. The Hall–Kier alpha value is -2.46. The summed E-state index contributed by atoms with van der Waals surface area (Å²) >= 11 is 0. The molecule has 9 nitrogen and oxygen atoms in total. The zero-order chi connectivity index (χ0) is 22.1. The van der Waals surface area contributed by atoms with Crippen molar-refractivity contribution in [1.82, 2.24) is 10.5 Å². The number of carbonyl (C=O) groups is 2. The molecular weight excluding hydrogens is 422 g/mol. The molecule has 2 amide bonds. The molecule has 2 aromatic heterocycles. The van der Waals surface area contributed by atoms with Crippen LogP contribution in [-0.2, 0) is 25.7 Å². The normalized spacial score (nSPS) is 28.4. The molecule has 31 heavy (non-hydrogen) atoms. The van der Waals surface area contributed by atoms with Crippen molar-refractivity contribution in [2.75, 3.05) is 18.1 Å². The molecule has 10 heteroatoms. The van der Waals surface area contributed by atoms with Crippen LogP contribution in [0.4, 0.5) is 0 Å². The van der Waals surface area contributed by atoms with Gasteiger partial charge < -0.3 is 19.0 Å². The largest absolute Gasteiger partial charge is 0.466 e. The lowest BCUT2D eigenvalue weighted by atomic mass is 9.85. The van der Waals surface area contributed by atoms with Gasteiger partial charge in [0.15, 0.2) is 0 Å². The molecule has 0 saturated carbocycles. The third kappa shape index (κ3) is 5.07. The van der Waals surface area contributed by atoms with E-state index in [1.165, 1.54) is 6.26 Å². The number of furan rings is 1. The number of hydrogen-bond donors (Lipinski definition) is 1. The highest BCUT2D eigenvalue weighted by molar-refractivity contribution is 7.93. The van der Waals surface area contributed by atoms with E-state index >= 15 is 0 Å². The first kappa shape index (κ1) is 21.8. The van der Waals surface area contributed by atoms with Gasteiger partial charge in [-0.1, -0.05) is 5.16 Å². The van der Waals surface area contributed by atoms with Gasteiger partial charge in [0.05, 0.1) is 33.0 Å². The van der Waals surface area contributed by atoms with E-state index in [0.717, 1.165) is 6.42 Å². The monoisotopic (exact) mass is 449 g/mol. The van der Waals surface area contributed by atoms with Gasteiger partial charge in [0, 0.05) is 30.2 Å². The smallest absolute Gasteiger partial charge is 0.288 e. The molecule has 2 aliphatic rings. The Balaban J connectivity index is 1.37. The zero-order valence-corrected chi connectivity index (χ0v) is 18.5. The van der Waals surface area contributed by atoms with Crippen LogP contribution in [0.25, 0.3) is 0 Å². The van der Waals surface area contributed by atoms with Crippen molar-refractivity contribution < 1.29 is 27.5 Å². The molecule has 1 atom stereocenters. The first-order valence-electron chi connectivity index (χ1n) is 10.4. The highest BCUT2D eigenvalue weighted by atomic mass is 32.2. The van der Waals surface area contributed by atoms with E-state index in [4.69, 9.17) is 13.7 Å². The molecule has 0 aromatic carbocycles. The Morgan fingerprint density at radius 3 is 2.74 bits per heavy atom. The number of aryl methyl sites for hydroxylation is 2. The van der Waals surface area contributed by atoms with Gasteiger partial charge in [-0.15, -0.1) is 0 Å². The van der Waals surface area contributed by atoms with E-state index in [1.807, 2.05) is 0 Å². The maximum absolute atomic E-state index is 13.2. The molecule has 4 heterocycles. The van der Waals surface area contributed by atoms with Gasteiger partial charge in [0.2, 0.25) is 5.91 Å². The predicted molar refractivity (Wildman–Crippen MR) is 112 cm³/mol. The number of ether oxygens (including phenoxy) is 1. The van der Waals surface area contributed by atoms with Gasteiger partial charge in [0.25, 0.3) is 5.91 Å². The first-order valence-corrected chi connectivity index (χ1v) is 12.3. The second-order valence-electron chi connectivity index (χ2n) is 8.36. The van der Waals surface area contributed by atoms with E-state index in [0.29, 0.717) is 60.2 Å². The van der Waals surface area contributed by atoms with Crippen LogP contribution in [0.5, 0.6) is 0 Å². The van der Waals surface area contributed by atoms with Gasteiger partial charge in [-0.25, -0.2) is 4.21 Å². The van der Waals surface area contributed by atoms with Crippen molar-refractivity contribution in [2.45, 2.75) is 57.6 Å². The molecular formula is C21H27N3O6S. The number of nitrogens with zero attached hydrogens (tertiary/aromatic N) is 2. The summed E-state index contributed by atoms with van der Waals surface area (Å²) < 4.78 is 33.5. The third-order valence-electron chi connectivity index (χ3n) is 5.96. The fourth-order valence-electron chi connectivity index (χ4n) is 4.32. The highest BCUT2D eigenvalue weighted by Crippen LogP contribution is 2.36. The topological polar surface area (TPSA) is 124 Å². The number of rotatable bonds is 4. The Morgan fingerprint density at radius 2 is 2.10 bits per heavy atom. The lowest BCUT2D eigenvalue weighted by Gasteiger charge is -2.44. The fraction of sp³-hybridized carbons (Fsp3) is 0.571. The van der Waals surface area contributed by atoms with Crippen molar-refractivity contribution >= 4 is 21.5 Å². The Labute approximate surface area is 181 Å². The minimum atomic E-state index is -2.65. The van der Waals surface area contributed by atoms with Gasteiger partial charge >= 0.3 is 0 Å². The quantitative estimate of drug-likeness (QED) is 0.761. The van der Waals surface area contributed by atoms with Crippen LogP contribution in [0, 0.1) is 13.8 Å². The van der Waals surface area contributed by atoms with Crippen molar-refractivity contribution in [2.24, 2.45) is 4.36 Å². The van der Waals surface area contributed by atoms with Crippen molar-refractivity contribution in [3.63, 3.8) is 0 Å². The minimum Gasteiger partial charge on any atom is -0.466 e. The van der Waals surface area contributed by atoms with Crippen LogP contribution < -0.4 is 5.32 Å². The van der Waals surface area contributed by atoms with E-state index in [2.05, 4.69) is 14.8 Å². The summed E-state index contributed by atoms with van der Waals surface area (Å²) in [4.78, 5) is 24.8. The van der Waals surface area contributed by atoms with Crippen LogP contribution in [0.3, 0.4) is 0 Å². The molecule has 4 rings (SSSR count).